The minimum Gasteiger partial charge on any atom is -0.301 e. The average Bonchev–Trinajstić information content (AvgIpc) is 2.81. The van der Waals surface area contributed by atoms with Crippen LogP contribution < -0.4 is 0 Å². The SMILES string of the molecule is CCC1CN(S(=O)(=O)c2cc(CCl)sc2C)CCN1C. The first kappa shape index (κ1) is 16.2. The third-order valence-electron chi connectivity index (χ3n) is 3.88. The molecule has 114 valence electrons. The fourth-order valence-corrected chi connectivity index (χ4v) is 5.73. The second kappa shape index (κ2) is 6.32. The highest BCUT2D eigenvalue weighted by molar-refractivity contribution is 7.89. The van der Waals surface area contributed by atoms with Crippen molar-refractivity contribution in [3.05, 3.63) is 15.8 Å². The van der Waals surface area contributed by atoms with E-state index in [0.29, 0.717) is 29.9 Å². The molecule has 1 unspecified atom stereocenters. The van der Waals surface area contributed by atoms with E-state index >= 15 is 0 Å². The summed E-state index contributed by atoms with van der Waals surface area (Å²) in [5.74, 6) is 0.362. The number of piperazine rings is 1. The highest BCUT2D eigenvalue weighted by Crippen LogP contribution is 2.30. The Balaban J connectivity index is 2.28. The molecule has 0 N–H and O–H groups in total. The van der Waals surface area contributed by atoms with Crippen LogP contribution in [0.5, 0.6) is 0 Å². The maximum atomic E-state index is 12.8. The summed E-state index contributed by atoms with van der Waals surface area (Å²) in [4.78, 5) is 4.39. The van der Waals surface area contributed by atoms with Crippen LogP contribution >= 0.6 is 22.9 Å². The summed E-state index contributed by atoms with van der Waals surface area (Å²) < 4.78 is 27.2. The number of thiophene rings is 1. The van der Waals surface area contributed by atoms with Gasteiger partial charge in [-0.05, 0) is 26.5 Å². The van der Waals surface area contributed by atoms with Crippen molar-refractivity contribution in [2.24, 2.45) is 0 Å². The van der Waals surface area contributed by atoms with Crippen molar-refractivity contribution in [3.63, 3.8) is 0 Å². The van der Waals surface area contributed by atoms with Crippen molar-refractivity contribution in [2.75, 3.05) is 26.7 Å². The minimum atomic E-state index is -3.39. The second-order valence-corrected chi connectivity index (χ2v) is 8.69. The zero-order valence-electron chi connectivity index (χ0n) is 12.1. The zero-order valence-corrected chi connectivity index (χ0v) is 14.5. The van der Waals surface area contributed by atoms with Gasteiger partial charge in [0, 0.05) is 35.4 Å². The molecule has 1 aromatic rings. The molecular weight excluding hydrogens is 316 g/mol. The summed E-state index contributed by atoms with van der Waals surface area (Å²) in [6.07, 6.45) is 0.956. The molecule has 0 spiro atoms. The molecule has 1 atom stereocenters. The van der Waals surface area contributed by atoms with Gasteiger partial charge in [0.15, 0.2) is 0 Å². The van der Waals surface area contributed by atoms with Crippen LogP contribution in [0.25, 0.3) is 0 Å². The van der Waals surface area contributed by atoms with Gasteiger partial charge < -0.3 is 4.90 Å². The van der Waals surface area contributed by atoms with Crippen LogP contribution in [0.4, 0.5) is 0 Å². The Kier molecular flexibility index (Phi) is 5.13. The summed E-state index contributed by atoms with van der Waals surface area (Å²) in [5.41, 5.74) is 0. The normalized spacial score (nSPS) is 22.3. The topological polar surface area (TPSA) is 40.6 Å². The molecule has 20 heavy (non-hydrogen) atoms. The van der Waals surface area contributed by atoms with E-state index in [0.717, 1.165) is 22.7 Å². The lowest BCUT2D eigenvalue weighted by Gasteiger charge is -2.38. The van der Waals surface area contributed by atoms with Gasteiger partial charge in [0.1, 0.15) is 0 Å². The number of alkyl halides is 1. The van der Waals surface area contributed by atoms with Crippen LogP contribution in [0, 0.1) is 6.92 Å². The number of nitrogens with zero attached hydrogens (tertiary/aromatic N) is 2. The second-order valence-electron chi connectivity index (χ2n) is 5.17. The minimum absolute atomic E-state index is 0.296. The molecule has 7 heteroatoms. The van der Waals surface area contributed by atoms with Crippen LogP contribution in [0.1, 0.15) is 23.1 Å². The average molecular weight is 337 g/mol. The van der Waals surface area contributed by atoms with Gasteiger partial charge in [-0.2, -0.15) is 4.31 Å². The molecular formula is C13H21ClN2O2S2. The van der Waals surface area contributed by atoms with E-state index in [9.17, 15) is 8.42 Å². The number of hydrogen-bond acceptors (Lipinski definition) is 4. The van der Waals surface area contributed by atoms with Gasteiger partial charge in [-0.25, -0.2) is 8.42 Å². The summed E-state index contributed by atoms with van der Waals surface area (Å²) in [7, 11) is -1.33. The molecule has 2 heterocycles. The van der Waals surface area contributed by atoms with Crippen LogP contribution in [0.15, 0.2) is 11.0 Å². The highest BCUT2D eigenvalue weighted by Gasteiger charge is 2.33. The van der Waals surface area contributed by atoms with Gasteiger partial charge in [-0.3, -0.25) is 0 Å². The van der Waals surface area contributed by atoms with E-state index in [1.54, 1.807) is 10.4 Å². The molecule has 1 aliphatic heterocycles. The molecule has 1 aromatic heterocycles. The monoisotopic (exact) mass is 336 g/mol. The van der Waals surface area contributed by atoms with Crippen LogP contribution in [-0.2, 0) is 15.9 Å². The van der Waals surface area contributed by atoms with E-state index in [-0.39, 0.29) is 0 Å². The molecule has 1 aliphatic rings. The lowest BCUT2D eigenvalue weighted by Crippen LogP contribution is -2.52. The smallest absolute Gasteiger partial charge is 0.244 e. The number of halogens is 1. The summed E-state index contributed by atoms with van der Waals surface area (Å²) >= 11 is 7.27. The third kappa shape index (κ3) is 3.04. The molecule has 1 saturated heterocycles. The summed E-state index contributed by atoms with van der Waals surface area (Å²) in [6, 6.07) is 2.02. The van der Waals surface area contributed by atoms with Crippen LogP contribution in [0.2, 0.25) is 0 Å². The van der Waals surface area contributed by atoms with Gasteiger partial charge in [0.2, 0.25) is 10.0 Å². The van der Waals surface area contributed by atoms with Gasteiger partial charge in [-0.1, -0.05) is 6.92 Å². The number of sulfonamides is 1. The van der Waals surface area contributed by atoms with Gasteiger partial charge in [0.25, 0.3) is 0 Å². The molecule has 0 amide bonds. The van der Waals surface area contributed by atoms with Crippen molar-refractivity contribution < 1.29 is 8.42 Å². The number of hydrogen-bond donors (Lipinski definition) is 0. The Bertz CT molecular complexity index is 571. The lowest BCUT2D eigenvalue weighted by molar-refractivity contribution is 0.144. The highest BCUT2D eigenvalue weighted by atomic mass is 35.5. The Labute approximate surface area is 130 Å². The standard InChI is InChI=1S/C13H21ClN2O2S2/c1-4-11-9-16(6-5-15(11)3)20(17,18)13-7-12(8-14)19-10(13)2/h7,11H,4-6,8-9H2,1-3H3. The first-order valence-corrected chi connectivity index (χ1v) is 9.55. The van der Waals surface area contributed by atoms with E-state index in [1.165, 1.54) is 11.3 Å². The van der Waals surface area contributed by atoms with E-state index in [2.05, 4.69) is 18.9 Å². The molecule has 0 aliphatic carbocycles. The van der Waals surface area contributed by atoms with Crippen LogP contribution in [0.3, 0.4) is 0 Å². The van der Waals surface area contributed by atoms with Crippen molar-refractivity contribution in [2.45, 2.75) is 37.1 Å². The maximum Gasteiger partial charge on any atom is 0.244 e. The summed E-state index contributed by atoms with van der Waals surface area (Å²) in [6.45, 7) is 5.85. The number of rotatable bonds is 4. The molecule has 0 aromatic carbocycles. The van der Waals surface area contributed by atoms with Crippen molar-refractivity contribution in [3.8, 4) is 0 Å². The predicted molar refractivity (Wildman–Crippen MR) is 84.1 cm³/mol. The Morgan fingerprint density at radius 2 is 2.15 bits per heavy atom. The van der Waals surface area contributed by atoms with Gasteiger partial charge in [-0.15, -0.1) is 22.9 Å². The van der Waals surface area contributed by atoms with Gasteiger partial charge in [0.05, 0.1) is 10.8 Å². The predicted octanol–water partition coefficient (Wildman–Crippen LogP) is 2.51. The molecule has 4 nitrogen and oxygen atoms in total. The molecule has 0 radical (unpaired) electrons. The Morgan fingerprint density at radius 3 is 2.70 bits per heavy atom. The Morgan fingerprint density at radius 1 is 1.45 bits per heavy atom. The number of likely N-dealkylation sites (N-methyl/N-ethyl adjacent to an activating group) is 1. The lowest BCUT2D eigenvalue weighted by atomic mass is 10.1. The quantitative estimate of drug-likeness (QED) is 0.793. The third-order valence-corrected chi connectivity index (χ3v) is 7.50. The molecule has 0 saturated carbocycles. The fraction of sp³-hybridized carbons (Fsp3) is 0.692. The first-order chi connectivity index (χ1) is 9.40. The molecule has 0 bridgehead atoms. The maximum absolute atomic E-state index is 12.8. The number of aryl methyl sites for hydroxylation is 1. The van der Waals surface area contributed by atoms with Crippen molar-refractivity contribution in [1.82, 2.24) is 9.21 Å². The first-order valence-electron chi connectivity index (χ1n) is 6.75. The van der Waals surface area contributed by atoms with Crippen molar-refractivity contribution in [1.29, 1.82) is 0 Å². The Hall–Kier alpha value is -0.140. The van der Waals surface area contributed by atoms with E-state index < -0.39 is 10.0 Å². The van der Waals surface area contributed by atoms with Gasteiger partial charge >= 0.3 is 0 Å². The van der Waals surface area contributed by atoms with Crippen molar-refractivity contribution >= 4 is 33.0 Å². The van der Waals surface area contributed by atoms with E-state index in [4.69, 9.17) is 11.6 Å². The van der Waals surface area contributed by atoms with E-state index in [1.807, 2.05) is 6.92 Å². The largest absolute Gasteiger partial charge is 0.301 e. The molecule has 1 fully saturated rings. The summed E-state index contributed by atoms with van der Waals surface area (Å²) in [5, 5.41) is 0. The fourth-order valence-electron chi connectivity index (χ4n) is 2.56. The zero-order chi connectivity index (χ0) is 14.9. The molecule has 2 rings (SSSR count). The van der Waals surface area contributed by atoms with Crippen LogP contribution in [-0.4, -0.2) is 50.3 Å².